The van der Waals surface area contributed by atoms with E-state index >= 15 is 0 Å². The van der Waals surface area contributed by atoms with Crippen molar-refractivity contribution in [3.8, 4) is 0 Å². The van der Waals surface area contributed by atoms with Crippen molar-refractivity contribution < 1.29 is 25.0 Å². The second-order valence-electron chi connectivity index (χ2n) is 3.93. The van der Waals surface area contributed by atoms with Crippen molar-refractivity contribution in [1.29, 1.82) is 0 Å². The smallest absolute Gasteiger partial charge is 0.0856 e. The van der Waals surface area contributed by atoms with E-state index in [0.717, 1.165) is 25.7 Å². The van der Waals surface area contributed by atoms with Gasteiger partial charge >= 0.3 is 0 Å². The standard InChI is InChI=1S/C10H20O5/c11-8-10(12)7-9-3-1-2-5-13-15-14-6-4-9/h9-12H,1-8H2. The van der Waals surface area contributed by atoms with Crippen LogP contribution in [-0.2, 0) is 14.8 Å². The molecule has 2 unspecified atom stereocenters. The molecule has 1 fully saturated rings. The first-order chi connectivity index (χ1) is 7.33. The van der Waals surface area contributed by atoms with Gasteiger partial charge in [-0.25, -0.2) is 9.78 Å². The highest BCUT2D eigenvalue weighted by Crippen LogP contribution is 2.20. The van der Waals surface area contributed by atoms with Gasteiger partial charge in [0.25, 0.3) is 0 Å². The molecule has 1 aliphatic heterocycles. The average Bonchev–Trinajstić information content (AvgIpc) is 2.27. The normalized spacial score (nSPS) is 27.2. The summed E-state index contributed by atoms with van der Waals surface area (Å²) in [5.74, 6) is 0.383. The van der Waals surface area contributed by atoms with Gasteiger partial charge in [-0.05, 0) is 25.2 Å². The minimum Gasteiger partial charge on any atom is -0.394 e. The Morgan fingerprint density at radius 1 is 1.13 bits per heavy atom. The summed E-state index contributed by atoms with van der Waals surface area (Å²) in [7, 11) is 0. The Morgan fingerprint density at radius 3 is 2.73 bits per heavy atom. The fourth-order valence-corrected chi connectivity index (χ4v) is 1.75. The van der Waals surface area contributed by atoms with Crippen LogP contribution >= 0.6 is 0 Å². The molecule has 0 spiro atoms. The molecular formula is C10H20O5. The molecule has 2 atom stereocenters. The number of aliphatic hydroxyl groups is 2. The Hall–Kier alpha value is -0.200. The van der Waals surface area contributed by atoms with Gasteiger partial charge in [-0.15, -0.1) is 0 Å². The van der Waals surface area contributed by atoms with E-state index in [9.17, 15) is 5.11 Å². The first-order valence-electron chi connectivity index (χ1n) is 5.53. The Balaban J connectivity index is 2.25. The van der Waals surface area contributed by atoms with Gasteiger partial charge in [-0.3, -0.25) is 0 Å². The molecule has 1 rings (SSSR count). The van der Waals surface area contributed by atoms with Crippen LogP contribution in [0.4, 0.5) is 0 Å². The molecule has 0 bridgehead atoms. The fraction of sp³-hybridized carbons (Fsp3) is 1.00. The molecule has 90 valence electrons. The van der Waals surface area contributed by atoms with Crippen molar-refractivity contribution in [2.75, 3.05) is 19.8 Å². The van der Waals surface area contributed by atoms with E-state index in [0.29, 0.717) is 25.6 Å². The molecule has 0 aromatic rings. The van der Waals surface area contributed by atoms with E-state index < -0.39 is 6.10 Å². The Morgan fingerprint density at radius 2 is 1.93 bits per heavy atom. The third-order valence-corrected chi connectivity index (χ3v) is 2.61. The maximum atomic E-state index is 9.35. The van der Waals surface area contributed by atoms with E-state index in [4.69, 9.17) is 14.9 Å². The van der Waals surface area contributed by atoms with Gasteiger partial charge in [0.2, 0.25) is 0 Å². The number of rotatable bonds is 3. The Bertz CT molecular complexity index is 143. The number of aliphatic hydroxyl groups excluding tert-OH is 2. The lowest BCUT2D eigenvalue weighted by molar-refractivity contribution is -0.513. The molecule has 15 heavy (non-hydrogen) atoms. The minimum atomic E-state index is -0.616. The van der Waals surface area contributed by atoms with Crippen LogP contribution in [0.25, 0.3) is 0 Å². The molecular weight excluding hydrogens is 200 g/mol. The van der Waals surface area contributed by atoms with Gasteiger partial charge < -0.3 is 10.2 Å². The molecule has 0 aromatic heterocycles. The van der Waals surface area contributed by atoms with Crippen LogP contribution in [0.15, 0.2) is 0 Å². The predicted molar refractivity (Wildman–Crippen MR) is 52.7 cm³/mol. The molecule has 0 amide bonds. The highest BCUT2D eigenvalue weighted by Gasteiger charge is 2.15. The van der Waals surface area contributed by atoms with Gasteiger partial charge in [0, 0.05) is 0 Å². The summed E-state index contributed by atoms with van der Waals surface area (Å²) in [5.41, 5.74) is 0. The molecule has 1 aliphatic rings. The van der Waals surface area contributed by atoms with Crippen LogP contribution in [0.2, 0.25) is 0 Å². The summed E-state index contributed by atoms with van der Waals surface area (Å²) in [4.78, 5) is 9.53. The summed E-state index contributed by atoms with van der Waals surface area (Å²) in [6, 6.07) is 0. The lowest BCUT2D eigenvalue weighted by atomic mass is 9.93. The molecule has 0 aliphatic carbocycles. The van der Waals surface area contributed by atoms with Gasteiger partial charge in [0.15, 0.2) is 0 Å². The molecule has 2 N–H and O–H groups in total. The highest BCUT2D eigenvalue weighted by atomic mass is 17.5. The summed E-state index contributed by atoms with van der Waals surface area (Å²) in [6.07, 6.45) is 3.83. The Kier molecular flexibility index (Phi) is 6.87. The lowest BCUT2D eigenvalue weighted by Crippen LogP contribution is -2.19. The molecule has 0 aromatic carbocycles. The number of hydrogen-bond donors (Lipinski definition) is 2. The molecule has 0 saturated carbocycles. The molecule has 5 nitrogen and oxygen atoms in total. The lowest BCUT2D eigenvalue weighted by Gasteiger charge is -2.19. The number of hydrogen-bond acceptors (Lipinski definition) is 5. The van der Waals surface area contributed by atoms with E-state index in [2.05, 4.69) is 5.04 Å². The summed E-state index contributed by atoms with van der Waals surface area (Å²) < 4.78 is 0. The van der Waals surface area contributed by atoms with Crippen LogP contribution in [0.1, 0.15) is 32.1 Å². The maximum absolute atomic E-state index is 9.35. The average molecular weight is 220 g/mol. The van der Waals surface area contributed by atoms with Crippen LogP contribution in [-0.4, -0.2) is 36.1 Å². The minimum absolute atomic E-state index is 0.170. The third-order valence-electron chi connectivity index (χ3n) is 2.61. The van der Waals surface area contributed by atoms with Gasteiger partial charge in [0.05, 0.1) is 25.9 Å². The van der Waals surface area contributed by atoms with E-state index in [-0.39, 0.29) is 6.61 Å². The SMILES string of the molecule is OCC(O)CC1CCCCOOOCC1. The topological polar surface area (TPSA) is 68.2 Å². The van der Waals surface area contributed by atoms with Crippen LogP contribution in [0.3, 0.4) is 0 Å². The highest BCUT2D eigenvalue weighted by molar-refractivity contribution is 4.65. The van der Waals surface area contributed by atoms with Crippen molar-refractivity contribution >= 4 is 0 Å². The Labute approximate surface area is 89.8 Å². The fourth-order valence-electron chi connectivity index (χ4n) is 1.75. The van der Waals surface area contributed by atoms with Crippen LogP contribution < -0.4 is 0 Å². The third kappa shape index (κ3) is 6.06. The van der Waals surface area contributed by atoms with Crippen molar-refractivity contribution in [2.45, 2.75) is 38.2 Å². The van der Waals surface area contributed by atoms with E-state index in [1.54, 1.807) is 0 Å². The summed E-state index contributed by atoms with van der Waals surface area (Å²) >= 11 is 0. The monoisotopic (exact) mass is 220 g/mol. The molecule has 1 saturated heterocycles. The zero-order valence-corrected chi connectivity index (χ0v) is 8.93. The summed E-state index contributed by atoms with van der Waals surface area (Å²) in [5, 5.41) is 22.6. The van der Waals surface area contributed by atoms with Crippen molar-refractivity contribution in [2.24, 2.45) is 5.92 Å². The van der Waals surface area contributed by atoms with Crippen LogP contribution in [0.5, 0.6) is 0 Å². The van der Waals surface area contributed by atoms with Gasteiger partial charge in [-0.2, -0.15) is 0 Å². The molecule has 0 radical (unpaired) electrons. The van der Waals surface area contributed by atoms with Gasteiger partial charge in [-0.1, -0.05) is 17.9 Å². The largest absolute Gasteiger partial charge is 0.394 e. The zero-order valence-electron chi connectivity index (χ0n) is 8.93. The summed E-state index contributed by atoms with van der Waals surface area (Å²) in [6.45, 7) is 0.828. The second-order valence-corrected chi connectivity index (χ2v) is 3.93. The van der Waals surface area contributed by atoms with E-state index in [1.165, 1.54) is 0 Å². The van der Waals surface area contributed by atoms with Crippen LogP contribution in [0, 0.1) is 5.92 Å². The van der Waals surface area contributed by atoms with Crippen molar-refractivity contribution in [3.63, 3.8) is 0 Å². The molecule has 5 heteroatoms. The second kappa shape index (κ2) is 8.01. The molecule has 1 heterocycles. The quantitative estimate of drug-likeness (QED) is 0.688. The zero-order chi connectivity index (χ0) is 10.9. The van der Waals surface area contributed by atoms with Crippen molar-refractivity contribution in [1.82, 2.24) is 0 Å². The van der Waals surface area contributed by atoms with Gasteiger partial charge in [0.1, 0.15) is 0 Å². The maximum Gasteiger partial charge on any atom is 0.0856 e. The first-order valence-corrected chi connectivity index (χ1v) is 5.53. The first kappa shape index (κ1) is 12.9. The van der Waals surface area contributed by atoms with E-state index in [1.807, 2.05) is 0 Å². The predicted octanol–water partition coefficient (Wildman–Crippen LogP) is 0.800. The van der Waals surface area contributed by atoms with Crippen molar-refractivity contribution in [3.05, 3.63) is 0 Å².